The maximum atomic E-state index is 13.0. The van der Waals surface area contributed by atoms with Gasteiger partial charge in [0.05, 0.1) is 12.0 Å². The van der Waals surface area contributed by atoms with Gasteiger partial charge in [0.1, 0.15) is 6.61 Å². The first-order valence-corrected chi connectivity index (χ1v) is 8.73. The van der Waals surface area contributed by atoms with Crippen molar-refractivity contribution in [1.82, 2.24) is 9.80 Å². The van der Waals surface area contributed by atoms with E-state index in [0.717, 1.165) is 13.1 Å². The quantitative estimate of drug-likeness (QED) is 0.852. The lowest BCUT2D eigenvalue weighted by Gasteiger charge is -2.26. The molecule has 0 aromatic heterocycles. The van der Waals surface area contributed by atoms with Crippen molar-refractivity contribution >= 4 is 12.0 Å². The standard InChI is InChI=1S/C19H26N2O3/c1-13(2)17-12-24-19(23)21(17)18(22)16-11-20(9-14(16)3)10-15-7-5-4-6-8-15/h4-8,13-14,16-17H,9-12H2,1-3H3/t14-,16-,17-/m1/s1. The number of rotatable bonds is 4. The van der Waals surface area contributed by atoms with Gasteiger partial charge < -0.3 is 4.74 Å². The lowest BCUT2D eigenvalue weighted by Crippen LogP contribution is -2.46. The van der Waals surface area contributed by atoms with Gasteiger partial charge in [0.25, 0.3) is 0 Å². The van der Waals surface area contributed by atoms with E-state index in [0.29, 0.717) is 13.2 Å². The van der Waals surface area contributed by atoms with Crippen LogP contribution in [0.1, 0.15) is 26.3 Å². The van der Waals surface area contributed by atoms with Crippen LogP contribution in [0.25, 0.3) is 0 Å². The molecule has 3 rings (SSSR count). The summed E-state index contributed by atoms with van der Waals surface area (Å²) >= 11 is 0. The SMILES string of the molecule is CC(C)[C@H]1COC(=O)N1C(=O)[C@@H]1CN(Cc2ccccc2)C[C@H]1C. The van der Waals surface area contributed by atoms with E-state index in [1.54, 1.807) is 0 Å². The summed E-state index contributed by atoms with van der Waals surface area (Å²) in [5.41, 5.74) is 1.25. The maximum Gasteiger partial charge on any atom is 0.416 e. The van der Waals surface area contributed by atoms with Crippen molar-refractivity contribution in [3.8, 4) is 0 Å². The molecule has 2 amide bonds. The number of nitrogens with zero attached hydrogens (tertiary/aromatic N) is 2. The first-order chi connectivity index (χ1) is 11.5. The average Bonchev–Trinajstić information content (AvgIpc) is 3.11. The number of carbonyl (C=O) groups is 2. The molecular formula is C19H26N2O3. The molecule has 0 radical (unpaired) electrons. The minimum atomic E-state index is -0.479. The largest absolute Gasteiger partial charge is 0.447 e. The number of ether oxygens (including phenoxy) is 1. The van der Waals surface area contributed by atoms with E-state index in [2.05, 4.69) is 24.0 Å². The zero-order valence-corrected chi connectivity index (χ0v) is 14.6. The molecule has 2 aliphatic heterocycles. The number of hydrogen-bond donors (Lipinski definition) is 0. The van der Waals surface area contributed by atoms with Crippen LogP contribution in [0.2, 0.25) is 0 Å². The average molecular weight is 330 g/mol. The highest BCUT2D eigenvalue weighted by Crippen LogP contribution is 2.30. The summed E-state index contributed by atoms with van der Waals surface area (Å²) in [5.74, 6) is 0.236. The Morgan fingerprint density at radius 1 is 1.25 bits per heavy atom. The lowest BCUT2D eigenvalue weighted by atomic mass is 9.95. The molecule has 0 spiro atoms. The smallest absolute Gasteiger partial charge is 0.416 e. The normalized spacial score (nSPS) is 27.8. The molecular weight excluding hydrogens is 304 g/mol. The van der Waals surface area contributed by atoms with E-state index in [9.17, 15) is 9.59 Å². The first-order valence-electron chi connectivity index (χ1n) is 8.73. The molecule has 0 N–H and O–H groups in total. The second-order valence-corrected chi connectivity index (χ2v) is 7.36. The van der Waals surface area contributed by atoms with E-state index in [-0.39, 0.29) is 29.7 Å². The molecule has 0 bridgehead atoms. The topological polar surface area (TPSA) is 49.9 Å². The highest BCUT2D eigenvalue weighted by atomic mass is 16.6. The third-order valence-corrected chi connectivity index (χ3v) is 5.17. The van der Waals surface area contributed by atoms with E-state index in [1.807, 2.05) is 32.0 Å². The van der Waals surface area contributed by atoms with E-state index in [4.69, 9.17) is 4.74 Å². The summed E-state index contributed by atoms with van der Waals surface area (Å²) in [4.78, 5) is 28.7. The number of amides is 2. The molecule has 1 aromatic carbocycles. The third kappa shape index (κ3) is 3.31. The minimum absolute atomic E-state index is 0.0701. The fourth-order valence-electron chi connectivity index (χ4n) is 3.72. The molecule has 5 nitrogen and oxygen atoms in total. The Labute approximate surface area is 143 Å². The predicted octanol–water partition coefficient (Wildman–Crippen LogP) is 2.76. The van der Waals surface area contributed by atoms with Gasteiger partial charge in [-0.25, -0.2) is 9.69 Å². The van der Waals surface area contributed by atoms with Crippen LogP contribution >= 0.6 is 0 Å². The fraction of sp³-hybridized carbons (Fsp3) is 0.579. The van der Waals surface area contributed by atoms with Crippen LogP contribution in [0.4, 0.5) is 4.79 Å². The van der Waals surface area contributed by atoms with Crippen molar-refractivity contribution in [2.75, 3.05) is 19.7 Å². The highest BCUT2D eigenvalue weighted by molar-refractivity contribution is 5.95. The number of imide groups is 1. The predicted molar refractivity (Wildman–Crippen MR) is 91.2 cm³/mol. The van der Waals surface area contributed by atoms with Crippen LogP contribution in [0.15, 0.2) is 30.3 Å². The van der Waals surface area contributed by atoms with Crippen LogP contribution in [-0.4, -0.2) is 47.5 Å². The molecule has 2 fully saturated rings. The van der Waals surface area contributed by atoms with Gasteiger partial charge in [-0.2, -0.15) is 0 Å². The molecule has 1 aromatic rings. The zero-order chi connectivity index (χ0) is 17.3. The van der Waals surface area contributed by atoms with E-state index < -0.39 is 6.09 Å². The summed E-state index contributed by atoms with van der Waals surface area (Å²) in [5, 5.41) is 0. The summed E-state index contributed by atoms with van der Waals surface area (Å²) in [6.45, 7) is 8.87. The first kappa shape index (κ1) is 17.0. The van der Waals surface area contributed by atoms with Crippen LogP contribution in [0.3, 0.4) is 0 Å². The molecule has 5 heteroatoms. The Bertz CT molecular complexity index is 602. The Morgan fingerprint density at radius 2 is 1.96 bits per heavy atom. The van der Waals surface area contributed by atoms with Gasteiger partial charge >= 0.3 is 6.09 Å². The zero-order valence-electron chi connectivity index (χ0n) is 14.6. The Morgan fingerprint density at radius 3 is 2.62 bits per heavy atom. The second-order valence-electron chi connectivity index (χ2n) is 7.36. The van der Waals surface area contributed by atoms with Crippen molar-refractivity contribution < 1.29 is 14.3 Å². The molecule has 2 heterocycles. The van der Waals surface area contributed by atoms with Gasteiger partial charge in [-0.1, -0.05) is 51.1 Å². The summed E-state index contributed by atoms with van der Waals surface area (Å²) < 4.78 is 5.13. The maximum absolute atomic E-state index is 13.0. The van der Waals surface area contributed by atoms with Crippen molar-refractivity contribution in [2.45, 2.75) is 33.4 Å². The Kier molecular flexibility index (Phi) is 4.90. The fourth-order valence-corrected chi connectivity index (χ4v) is 3.72. The number of hydrogen-bond acceptors (Lipinski definition) is 4. The molecule has 130 valence electrons. The number of benzene rings is 1. The molecule has 0 aliphatic carbocycles. The van der Waals surface area contributed by atoms with Gasteiger partial charge in [0.15, 0.2) is 0 Å². The van der Waals surface area contributed by atoms with Gasteiger partial charge in [-0.15, -0.1) is 0 Å². The van der Waals surface area contributed by atoms with Gasteiger partial charge in [0.2, 0.25) is 5.91 Å². The van der Waals surface area contributed by atoms with Crippen LogP contribution in [0, 0.1) is 17.8 Å². The molecule has 24 heavy (non-hydrogen) atoms. The van der Waals surface area contributed by atoms with Crippen LogP contribution in [-0.2, 0) is 16.1 Å². The van der Waals surface area contributed by atoms with E-state index >= 15 is 0 Å². The van der Waals surface area contributed by atoms with Gasteiger partial charge in [-0.3, -0.25) is 9.69 Å². The molecule has 2 saturated heterocycles. The van der Waals surface area contributed by atoms with Crippen molar-refractivity contribution in [2.24, 2.45) is 17.8 Å². The molecule has 0 saturated carbocycles. The molecule has 0 unspecified atom stereocenters. The van der Waals surface area contributed by atoms with Crippen molar-refractivity contribution in [3.05, 3.63) is 35.9 Å². The van der Waals surface area contributed by atoms with Crippen molar-refractivity contribution in [1.29, 1.82) is 0 Å². The van der Waals surface area contributed by atoms with Crippen molar-refractivity contribution in [3.63, 3.8) is 0 Å². The van der Waals surface area contributed by atoms with E-state index in [1.165, 1.54) is 10.5 Å². The number of cyclic esters (lactones) is 1. The molecule has 2 aliphatic rings. The highest BCUT2D eigenvalue weighted by Gasteiger charge is 2.45. The Hall–Kier alpha value is -1.88. The second kappa shape index (κ2) is 6.93. The lowest BCUT2D eigenvalue weighted by molar-refractivity contribution is -0.134. The summed E-state index contributed by atoms with van der Waals surface area (Å²) in [7, 11) is 0. The molecule has 3 atom stereocenters. The number of likely N-dealkylation sites (tertiary alicyclic amines) is 1. The van der Waals surface area contributed by atoms with Gasteiger partial charge in [0, 0.05) is 19.6 Å². The van der Waals surface area contributed by atoms with Crippen LogP contribution in [0.5, 0.6) is 0 Å². The van der Waals surface area contributed by atoms with Gasteiger partial charge in [-0.05, 0) is 17.4 Å². The Balaban J connectivity index is 1.68. The minimum Gasteiger partial charge on any atom is -0.447 e. The number of carbonyl (C=O) groups excluding carboxylic acids is 2. The summed E-state index contributed by atoms with van der Waals surface area (Å²) in [6, 6.07) is 10.1. The summed E-state index contributed by atoms with van der Waals surface area (Å²) in [6.07, 6.45) is -0.479. The third-order valence-electron chi connectivity index (χ3n) is 5.17. The van der Waals surface area contributed by atoms with Crippen LogP contribution < -0.4 is 0 Å². The monoisotopic (exact) mass is 330 g/mol.